The van der Waals surface area contributed by atoms with Crippen LogP contribution >= 0.6 is 0 Å². The van der Waals surface area contributed by atoms with E-state index in [9.17, 15) is 9.59 Å². The Morgan fingerprint density at radius 2 is 1.25 bits per heavy atom. The molecule has 0 spiro atoms. The maximum Gasteiger partial charge on any atom is 0.332 e. The lowest BCUT2D eigenvalue weighted by Crippen LogP contribution is -2.27. The summed E-state index contributed by atoms with van der Waals surface area (Å²) in [7, 11) is 1.30. The zero-order valence-corrected chi connectivity index (χ0v) is 12.6. The summed E-state index contributed by atoms with van der Waals surface area (Å²) in [5, 5.41) is 0. The van der Waals surface area contributed by atoms with Crippen molar-refractivity contribution in [2.24, 2.45) is 0 Å². The predicted molar refractivity (Wildman–Crippen MR) is 70.3 cm³/mol. The van der Waals surface area contributed by atoms with Crippen LogP contribution in [0.5, 0.6) is 0 Å². The van der Waals surface area contributed by atoms with Crippen LogP contribution in [0.25, 0.3) is 0 Å². The summed E-state index contributed by atoms with van der Waals surface area (Å²) >= 11 is 0. The largest absolute Gasteiger partial charge is 0.467 e. The summed E-state index contributed by atoms with van der Waals surface area (Å²) in [6.45, 7) is 6.45. The van der Waals surface area contributed by atoms with Crippen LogP contribution < -0.4 is 0 Å². The molecule has 0 aliphatic rings. The van der Waals surface area contributed by atoms with Crippen molar-refractivity contribution in [3.63, 3.8) is 0 Å². The van der Waals surface area contributed by atoms with Gasteiger partial charge in [-0.1, -0.05) is 0 Å². The van der Waals surface area contributed by atoms with Crippen LogP contribution in [-0.2, 0) is 33.3 Å². The van der Waals surface area contributed by atoms with Gasteiger partial charge in [0.05, 0.1) is 33.5 Å². The van der Waals surface area contributed by atoms with Gasteiger partial charge in [0, 0.05) is 0 Å². The fraction of sp³-hybridized carbons (Fsp3) is 0.846. The van der Waals surface area contributed by atoms with Crippen LogP contribution in [0.3, 0.4) is 0 Å². The van der Waals surface area contributed by atoms with Crippen molar-refractivity contribution in [1.29, 1.82) is 0 Å². The van der Waals surface area contributed by atoms with E-state index >= 15 is 0 Å². The van der Waals surface area contributed by atoms with Crippen LogP contribution in [0, 0.1) is 0 Å². The molecule has 0 atom stereocenters. The lowest BCUT2D eigenvalue weighted by atomic mass is 10.2. The van der Waals surface area contributed by atoms with Crippen molar-refractivity contribution in [2.45, 2.75) is 26.4 Å². The van der Waals surface area contributed by atoms with E-state index in [4.69, 9.17) is 18.9 Å². The molecule has 0 aromatic heterocycles. The van der Waals surface area contributed by atoms with Gasteiger partial charge < -0.3 is 23.7 Å². The second-order valence-corrected chi connectivity index (χ2v) is 4.88. The Hall–Kier alpha value is -1.18. The smallest absolute Gasteiger partial charge is 0.332 e. The Labute approximate surface area is 119 Å². The minimum atomic E-state index is -0.506. The van der Waals surface area contributed by atoms with E-state index in [0.717, 1.165) is 0 Å². The molecule has 7 nitrogen and oxygen atoms in total. The summed E-state index contributed by atoms with van der Waals surface area (Å²) in [5.41, 5.74) is -0.506. The summed E-state index contributed by atoms with van der Waals surface area (Å²) in [4.78, 5) is 22.0. The van der Waals surface area contributed by atoms with Gasteiger partial charge in [-0.3, -0.25) is 0 Å². The molecular weight excluding hydrogens is 268 g/mol. The van der Waals surface area contributed by atoms with Gasteiger partial charge in [0.25, 0.3) is 0 Å². The summed E-state index contributed by atoms with van der Waals surface area (Å²) < 4.78 is 24.7. The monoisotopic (exact) mass is 292 g/mol. The normalized spacial score (nSPS) is 11.2. The molecule has 118 valence electrons. The first-order valence-corrected chi connectivity index (χ1v) is 6.37. The van der Waals surface area contributed by atoms with Crippen molar-refractivity contribution in [3.05, 3.63) is 0 Å². The van der Waals surface area contributed by atoms with Gasteiger partial charge in [-0.25, -0.2) is 9.59 Å². The van der Waals surface area contributed by atoms with Crippen LogP contribution in [0.2, 0.25) is 0 Å². The number of hydrogen-bond acceptors (Lipinski definition) is 7. The average molecular weight is 292 g/mol. The van der Waals surface area contributed by atoms with E-state index < -0.39 is 17.5 Å². The minimum absolute atomic E-state index is 0.0883. The van der Waals surface area contributed by atoms with E-state index in [2.05, 4.69) is 4.74 Å². The maximum absolute atomic E-state index is 11.3. The Bertz CT molecular complexity index is 283. The zero-order valence-electron chi connectivity index (χ0n) is 12.6. The Kier molecular flexibility index (Phi) is 9.96. The van der Waals surface area contributed by atoms with Crippen molar-refractivity contribution in [2.75, 3.05) is 46.8 Å². The van der Waals surface area contributed by atoms with Crippen LogP contribution in [0.4, 0.5) is 0 Å². The molecule has 20 heavy (non-hydrogen) atoms. The Morgan fingerprint density at radius 3 is 1.70 bits per heavy atom. The number of hydrogen-bond donors (Lipinski definition) is 0. The standard InChI is InChI=1S/C13H24O7/c1-13(2,3)20-12(15)10-19-8-6-17-5-7-18-9-11(14)16-4/h5-10H2,1-4H3. The van der Waals surface area contributed by atoms with Crippen molar-refractivity contribution in [3.8, 4) is 0 Å². The van der Waals surface area contributed by atoms with E-state index in [0.29, 0.717) is 19.8 Å². The molecule has 0 heterocycles. The molecule has 0 radical (unpaired) electrons. The number of carbonyl (C=O) groups is 2. The third kappa shape index (κ3) is 13.3. The van der Waals surface area contributed by atoms with Crippen LogP contribution in [0.1, 0.15) is 20.8 Å². The predicted octanol–water partition coefficient (Wildman–Crippen LogP) is 0.551. The molecule has 0 rings (SSSR count). The molecule has 0 unspecified atom stereocenters. The fourth-order valence-corrected chi connectivity index (χ4v) is 1.08. The Balaban J connectivity index is 3.29. The number of carbonyl (C=O) groups excluding carboxylic acids is 2. The maximum atomic E-state index is 11.3. The van der Waals surface area contributed by atoms with Crippen LogP contribution in [-0.4, -0.2) is 64.3 Å². The van der Waals surface area contributed by atoms with Crippen molar-refractivity contribution in [1.82, 2.24) is 0 Å². The van der Waals surface area contributed by atoms with Crippen molar-refractivity contribution >= 4 is 11.9 Å². The summed E-state index contributed by atoms with van der Waals surface area (Å²) in [5.74, 6) is -0.829. The number of rotatable bonds is 10. The zero-order chi connectivity index (χ0) is 15.4. The Morgan fingerprint density at radius 1 is 0.800 bits per heavy atom. The lowest BCUT2D eigenvalue weighted by molar-refractivity contribution is -0.160. The molecule has 0 aliphatic heterocycles. The minimum Gasteiger partial charge on any atom is -0.467 e. The molecule has 0 aliphatic carbocycles. The molecule has 0 amide bonds. The third-order valence-electron chi connectivity index (χ3n) is 1.83. The molecule has 0 bridgehead atoms. The topological polar surface area (TPSA) is 80.3 Å². The average Bonchev–Trinajstić information content (AvgIpc) is 2.34. The van der Waals surface area contributed by atoms with Gasteiger partial charge >= 0.3 is 11.9 Å². The van der Waals surface area contributed by atoms with Gasteiger partial charge in [0.1, 0.15) is 18.8 Å². The third-order valence-corrected chi connectivity index (χ3v) is 1.83. The first-order valence-electron chi connectivity index (χ1n) is 6.37. The van der Waals surface area contributed by atoms with E-state index in [1.54, 1.807) is 20.8 Å². The summed E-state index contributed by atoms with van der Waals surface area (Å²) in [6, 6.07) is 0. The highest BCUT2D eigenvalue weighted by molar-refractivity contribution is 5.71. The second kappa shape index (κ2) is 10.6. The fourth-order valence-electron chi connectivity index (χ4n) is 1.08. The second-order valence-electron chi connectivity index (χ2n) is 4.88. The molecular formula is C13H24O7. The first-order chi connectivity index (χ1) is 9.35. The number of ether oxygens (including phenoxy) is 5. The van der Waals surface area contributed by atoms with Gasteiger partial charge in [-0.2, -0.15) is 0 Å². The molecule has 0 N–H and O–H groups in total. The van der Waals surface area contributed by atoms with Crippen LogP contribution in [0.15, 0.2) is 0 Å². The van der Waals surface area contributed by atoms with E-state index in [1.807, 2.05) is 0 Å². The molecule has 7 heteroatoms. The molecule has 0 saturated heterocycles. The highest BCUT2D eigenvalue weighted by Crippen LogP contribution is 2.06. The van der Waals surface area contributed by atoms with Gasteiger partial charge in [0.2, 0.25) is 0 Å². The van der Waals surface area contributed by atoms with Gasteiger partial charge in [-0.05, 0) is 20.8 Å². The number of esters is 2. The van der Waals surface area contributed by atoms with Gasteiger partial charge in [-0.15, -0.1) is 0 Å². The molecule has 0 fully saturated rings. The SMILES string of the molecule is COC(=O)COCCOCCOCC(=O)OC(C)(C)C. The van der Waals surface area contributed by atoms with E-state index in [-0.39, 0.29) is 19.8 Å². The highest BCUT2D eigenvalue weighted by Gasteiger charge is 2.15. The summed E-state index contributed by atoms with van der Waals surface area (Å²) in [6.07, 6.45) is 0. The first kappa shape index (κ1) is 18.8. The molecule has 0 saturated carbocycles. The molecule has 0 aromatic rings. The van der Waals surface area contributed by atoms with Gasteiger partial charge in [0.15, 0.2) is 0 Å². The van der Waals surface area contributed by atoms with E-state index in [1.165, 1.54) is 7.11 Å². The highest BCUT2D eigenvalue weighted by atomic mass is 16.6. The number of methoxy groups -OCH3 is 1. The molecule has 0 aromatic carbocycles. The lowest BCUT2D eigenvalue weighted by Gasteiger charge is -2.19. The quantitative estimate of drug-likeness (QED) is 0.429. The van der Waals surface area contributed by atoms with Crippen molar-refractivity contribution < 1.29 is 33.3 Å².